The molecule has 6 nitrogen and oxygen atoms in total. The molecule has 3 aromatic rings. The second kappa shape index (κ2) is 12.3. The molecule has 1 fully saturated rings. The van der Waals surface area contributed by atoms with Crippen molar-refractivity contribution in [3.63, 3.8) is 0 Å². The first-order valence-corrected chi connectivity index (χ1v) is 13.5. The summed E-state index contributed by atoms with van der Waals surface area (Å²) in [5, 5.41) is 2.67. The number of nitrogens with one attached hydrogen (secondary N) is 1. The van der Waals surface area contributed by atoms with Crippen molar-refractivity contribution in [2.45, 2.75) is 32.5 Å². The number of benzene rings is 3. The van der Waals surface area contributed by atoms with E-state index in [4.69, 9.17) is 17.3 Å². The lowest BCUT2D eigenvalue weighted by Gasteiger charge is -2.43. The molecule has 10 heteroatoms. The van der Waals surface area contributed by atoms with Crippen LogP contribution in [0, 0.1) is 6.92 Å². The van der Waals surface area contributed by atoms with Crippen molar-refractivity contribution in [1.29, 1.82) is 0 Å². The van der Waals surface area contributed by atoms with E-state index in [1.807, 2.05) is 56.3 Å². The fourth-order valence-electron chi connectivity index (χ4n) is 5.17. The lowest BCUT2D eigenvalue weighted by molar-refractivity contribution is -0.137. The summed E-state index contributed by atoms with van der Waals surface area (Å²) >= 11 is 6.11. The van der Waals surface area contributed by atoms with Crippen molar-refractivity contribution in [2.24, 2.45) is 5.73 Å². The van der Waals surface area contributed by atoms with Gasteiger partial charge in [-0.2, -0.15) is 13.2 Å². The third-order valence-corrected chi connectivity index (χ3v) is 7.57. The van der Waals surface area contributed by atoms with Crippen LogP contribution >= 0.6 is 11.6 Å². The largest absolute Gasteiger partial charge is 0.416 e. The Morgan fingerprint density at radius 3 is 2.42 bits per heavy atom. The van der Waals surface area contributed by atoms with Gasteiger partial charge in [-0.25, -0.2) is 0 Å². The number of carbonyl (C=O) groups excluding carboxylic acids is 2. The highest BCUT2D eigenvalue weighted by atomic mass is 35.5. The molecule has 1 aliphatic heterocycles. The van der Waals surface area contributed by atoms with E-state index in [2.05, 4.69) is 10.2 Å². The highest BCUT2D eigenvalue weighted by Crippen LogP contribution is 2.36. The number of rotatable bonds is 7. The third-order valence-electron chi connectivity index (χ3n) is 7.26. The predicted molar refractivity (Wildman–Crippen MR) is 152 cm³/mol. The maximum atomic E-state index is 13.4. The van der Waals surface area contributed by atoms with E-state index >= 15 is 0 Å². The average Bonchev–Trinajstić information content (AvgIpc) is 2.95. The molecule has 0 aromatic heterocycles. The Labute approximate surface area is 236 Å². The molecule has 212 valence electrons. The second-order valence-electron chi connectivity index (χ2n) is 9.74. The van der Waals surface area contributed by atoms with Gasteiger partial charge in [0.25, 0.3) is 11.8 Å². The van der Waals surface area contributed by atoms with E-state index < -0.39 is 17.6 Å². The van der Waals surface area contributed by atoms with Crippen LogP contribution in [-0.2, 0) is 6.18 Å². The Balaban J connectivity index is 1.64. The van der Waals surface area contributed by atoms with Crippen molar-refractivity contribution in [3.8, 4) is 11.1 Å². The number of anilines is 1. The molecule has 3 N–H and O–H groups in total. The number of piperazine rings is 1. The molecule has 40 heavy (non-hydrogen) atoms. The molecule has 3 aromatic carbocycles. The van der Waals surface area contributed by atoms with Crippen LogP contribution < -0.4 is 16.0 Å². The molecule has 0 unspecified atom stereocenters. The average molecular weight is 573 g/mol. The summed E-state index contributed by atoms with van der Waals surface area (Å²) < 4.78 is 39.2. The van der Waals surface area contributed by atoms with E-state index in [0.29, 0.717) is 44.7 Å². The molecule has 0 aliphatic carbocycles. The van der Waals surface area contributed by atoms with Gasteiger partial charge in [0.2, 0.25) is 0 Å². The summed E-state index contributed by atoms with van der Waals surface area (Å²) in [4.78, 5) is 30.5. The number of hydrogen-bond donors (Lipinski definition) is 2. The molecular formula is C30H32ClF3N4O2. The third kappa shape index (κ3) is 6.10. The Hall–Kier alpha value is -3.56. The number of carbonyl (C=O) groups is 2. The molecular weight excluding hydrogens is 541 g/mol. The van der Waals surface area contributed by atoms with Gasteiger partial charge in [-0.3, -0.25) is 9.59 Å². The number of nitrogens with zero attached hydrogens (tertiary/aromatic N) is 2. The van der Waals surface area contributed by atoms with Gasteiger partial charge in [-0.1, -0.05) is 54.9 Å². The molecule has 0 radical (unpaired) electrons. The van der Waals surface area contributed by atoms with Crippen LogP contribution in [0.3, 0.4) is 0 Å². The summed E-state index contributed by atoms with van der Waals surface area (Å²) in [5.41, 5.74) is 8.86. The number of nitrogens with two attached hydrogens (primary N) is 1. The Morgan fingerprint density at radius 2 is 1.80 bits per heavy atom. The first kappa shape index (κ1) is 29.4. The lowest BCUT2D eigenvalue weighted by Crippen LogP contribution is -2.55. The molecule has 1 aliphatic rings. The number of alkyl halides is 3. The van der Waals surface area contributed by atoms with Crippen LogP contribution in [-0.4, -0.2) is 55.5 Å². The SMILES string of the molecule is CC[C@@H]1CN(C(=O)c2ccc(C(F)(F)F)cc2Cl)CCN1c1ccc(-c2ccccc2)c(C)c1C(=O)NCCN. The van der Waals surface area contributed by atoms with Gasteiger partial charge in [0, 0.05) is 38.8 Å². The van der Waals surface area contributed by atoms with Crippen molar-refractivity contribution in [1.82, 2.24) is 10.2 Å². The number of halogens is 4. The molecule has 0 saturated carbocycles. The molecule has 1 heterocycles. The van der Waals surface area contributed by atoms with Gasteiger partial charge in [0.1, 0.15) is 0 Å². The zero-order chi connectivity index (χ0) is 29.0. The van der Waals surface area contributed by atoms with Crippen LogP contribution in [0.2, 0.25) is 5.02 Å². The van der Waals surface area contributed by atoms with Gasteiger partial charge in [0.15, 0.2) is 0 Å². The molecule has 4 rings (SSSR count). The summed E-state index contributed by atoms with van der Waals surface area (Å²) in [6, 6.07) is 16.4. The highest BCUT2D eigenvalue weighted by Gasteiger charge is 2.34. The Kier molecular flexibility index (Phi) is 9.05. The Bertz CT molecular complexity index is 1380. The van der Waals surface area contributed by atoms with Crippen LogP contribution in [0.5, 0.6) is 0 Å². The predicted octanol–water partition coefficient (Wildman–Crippen LogP) is 5.76. The monoisotopic (exact) mass is 572 g/mol. The van der Waals surface area contributed by atoms with Crippen LogP contribution in [0.25, 0.3) is 11.1 Å². The summed E-state index contributed by atoms with van der Waals surface area (Å²) in [7, 11) is 0. The topological polar surface area (TPSA) is 78.7 Å². The summed E-state index contributed by atoms with van der Waals surface area (Å²) in [6.45, 7) is 5.65. The molecule has 2 amide bonds. The van der Waals surface area contributed by atoms with E-state index in [1.165, 1.54) is 0 Å². The van der Waals surface area contributed by atoms with Crippen molar-refractivity contribution < 1.29 is 22.8 Å². The van der Waals surface area contributed by atoms with E-state index in [1.54, 1.807) is 4.90 Å². The van der Waals surface area contributed by atoms with Gasteiger partial charge in [-0.15, -0.1) is 0 Å². The van der Waals surface area contributed by atoms with E-state index in [9.17, 15) is 22.8 Å². The van der Waals surface area contributed by atoms with Crippen molar-refractivity contribution >= 4 is 29.1 Å². The fraction of sp³-hybridized carbons (Fsp3) is 0.333. The molecule has 0 bridgehead atoms. The first-order chi connectivity index (χ1) is 19.1. The zero-order valence-electron chi connectivity index (χ0n) is 22.4. The van der Waals surface area contributed by atoms with E-state index in [0.717, 1.165) is 40.6 Å². The molecule has 1 atom stereocenters. The van der Waals surface area contributed by atoms with Crippen molar-refractivity contribution in [2.75, 3.05) is 37.6 Å². The summed E-state index contributed by atoms with van der Waals surface area (Å²) in [6.07, 6.45) is -3.87. The molecule has 1 saturated heterocycles. The minimum atomic E-state index is -4.55. The lowest BCUT2D eigenvalue weighted by atomic mass is 9.93. The normalized spacial score (nSPS) is 15.7. The maximum Gasteiger partial charge on any atom is 0.416 e. The van der Waals surface area contributed by atoms with Gasteiger partial charge >= 0.3 is 6.18 Å². The van der Waals surface area contributed by atoms with Gasteiger partial charge in [-0.05, 0) is 54.3 Å². The Morgan fingerprint density at radius 1 is 1.07 bits per heavy atom. The van der Waals surface area contributed by atoms with E-state index in [-0.39, 0.29) is 22.5 Å². The number of amides is 2. The maximum absolute atomic E-state index is 13.4. The highest BCUT2D eigenvalue weighted by molar-refractivity contribution is 6.33. The van der Waals surface area contributed by atoms with Crippen molar-refractivity contribution in [3.05, 3.63) is 87.9 Å². The standard InChI is InChI=1S/C30H32ClF3N4O2/c1-3-22-18-37(29(40)24-10-9-21(17-25(24)31)30(32,33)34)15-16-38(22)26-12-11-23(20-7-5-4-6-8-20)19(2)27(26)28(39)36-14-13-35/h4-12,17,22H,3,13-16,18,35H2,1-2H3,(H,36,39)/t22-/m1/s1. The number of hydrogen-bond acceptors (Lipinski definition) is 4. The first-order valence-electron chi connectivity index (χ1n) is 13.2. The van der Waals surface area contributed by atoms with Gasteiger partial charge in [0.05, 0.1) is 27.4 Å². The quantitative estimate of drug-likeness (QED) is 0.377. The van der Waals surface area contributed by atoms with Crippen LogP contribution in [0.1, 0.15) is 45.2 Å². The fourth-order valence-corrected chi connectivity index (χ4v) is 5.43. The van der Waals surface area contributed by atoms with Gasteiger partial charge < -0.3 is 20.9 Å². The smallest absolute Gasteiger partial charge is 0.364 e. The molecule has 0 spiro atoms. The second-order valence-corrected chi connectivity index (χ2v) is 10.1. The van der Waals surface area contributed by atoms with Crippen LogP contribution in [0.4, 0.5) is 18.9 Å². The minimum Gasteiger partial charge on any atom is -0.364 e. The zero-order valence-corrected chi connectivity index (χ0v) is 23.1. The summed E-state index contributed by atoms with van der Waals surface area (Å²) in [5.74, 6) is -0.644. The van der Waals surface area contributed by atoms with Crippen LogP contribution in [0.15, 0.2) is 60.7 Å². The minimum absolute atomic E-state index is 0.0304.